The zero-order valence-corrected chi connectivity index (χ0v) is 15.0. The van der Waals surface area contributed by atoms with Gasteiger partial charge in [-0.25, -0.2) is 4.98 Å². The van der Waals surface area contributed by atoms with Crippen molar-refractivity contribution in [1.29, 1.82) is 0 Å². The molecule has 0 spiro atoms. The average molecular weight is 361 g/mol. The molecule has 8 heteroatoms. The van der Waals surface area contributed by atoms with E-state index >= 15 is 0 Å². The summed E-state index contributed by atoms with van der Waals surface area (Å²) in [6.45, 7) is 2.73. The van der Waals surface area contributed by atoms with E-state index in [2.05, 4.69) is 32.6 Å². The Labute approximate surface area is 148 Å². The zero-order valence-electron chi connectivity index (χ0n) is 13.5. The van der Waals surface area contributed by atoms with Crippen LogP contribution < -0.4 is 5.49 Å². The highest BCUT2D eigenvalue weighted by Crippen LogP contribution is 2.22. The van der Waals surface area contributed by atoms with Gasteiger partial charge in [-0.2, -0.15) is 9.50 Å². The molecule has 0 saturated heterocycles. The molecular formula is C16H17ClN6S. The Kier molecular flexibility index (Phi) is 4.05. The Hall–Kier alpha value is -1.86. The lowest BCUT2D eigenvalue weighted by molar-refractivity contribution is 0.713. The van der Waals surface area contributed by atoms with Crippen molar-refractivity contribution in [3.8, 4) is 0 Å². The van der Waals surface area contributed by atoms with Crippen molar-refractivity contribution >= 4 is 29.1 Å². The fraction of sp³-hybridized carbons (Fsp3) is 0.375. The van der Waals surface area contributed by atoms with E-state index in [1.165, 1.54) is 11.8 Å². The molecule has 0 unspecified atom stereocenters. The molecular weight excluding hydrogens is 344 g/mol. The highest BCUT2D eigenvalue weighted by atomic mass is 35.5. The predicted molar refractivity (Wildman–Crippen MR) is 94.4 cm³/mol. The molecule has 3 aromatic heterocycles. The summed E-state index contributed by atoms with van der Waals surface area (Å²) in [4.78, 5) is 13.6. The van der Waals surface area contributed by atoms with Gasteiger partial charge in [0.2, 0.25) is 10.9 Å². The maximum atomic E-state index is 5.88. The van der Waals surface area contributed by atoms with Crippen LogP contribution in [0.2, 0.25) is 5.15 Å². The number of hydrogen-bond acceptors (Lipinski definition) is 5. The normalized spacial score (nSPS) is 15.4. The number of halogens is 1. The van der Waals surface area contributed by atoms with Crippen LogP contribution in [0.3, 0.4) is 0 Å². The Morgan fingerprint density at radius 1 is 1.38 bits per heavy atom. The number of aromatic nitrogens is 5. The molecule has 1 aliphatic carbocycles. The quantitative estimate of drug-likeness (QED) is 0.530. The smallest absolute Gasteiger partial charge is 0.235 e. The lowest BCUT2D eigenvalue weighted by Crippen LogP contribution is -2.22. The van der Waals surface area contributed by atoms with Gasteiger partial charge < -0.3 is 4.57 Å². The van der Waals surface area contributed by atoms with Crippen LogP contribution in [-0.2, 0) is 6.54 Å². The topological polar surface area (TPSA) is 60.4 Å². The van der Waals surface area contributed by atoms with Crippen molar-refractivity contribution in [2.45, 2.75) is 37.5 Å². The van der Waals surface area contributed by atoms with Crippen LogP contribution in [0.15, 0.2) is 34.5 Å². The molecule has 24 heavy (non-hydrogen) atoms. The van der Waals surface area contributed by atoms with E-state index in [0.29, 0.717) is 17.7 Å². The van der Waals surface area contributed by atoms with Crippen molar-refractivity contribution in [3.05, 3.63) is 46.3 Å². The van der Waals surface area contributed by atoms with Gasteiger partial charge in [0.05, 0.1) is 12.6 Å². The molecule has 0 radical (unpaired) electrons. The third-order valence-corrected chi connectivity index (χ3v) is 4.73. The highest BCUT2D eigenvalue weighted by Gasteiger charge is 2.20. The third-order valence-electron chi connectivity index (χ3n) is 3.97. The first-order valence-electron chi connectivity index (χ1n) is 7.79. The van der Waals surface area contributed by atoms with E-state index in [4.69, 9.17) is 16.6 Å². The molecule has 0 atom stereocenters. The van der Waals surface area contributed by atoms with Crippen molar-refractivity contribution in [2.75, 3.05) is 6.26 Å². The van der Waals surface area contributed by atoms with Crippen LogP contribution in [0, 0.1) is 6.92 Å². The Balaban J connectivity index is 1.86. The number of hydrogen-bond donors (Lipinski definition) is 0. The molecule has 0 N–H and O–H groups in total. The molecule has 4 rings (SSSR count). The van der Waals surface area contributed by atoms with Crippen LogP contribution in [0.25, 0.3) is 5.78 Å². The maximum absolute atomic E-state index is 5.88. The summed E-state index contributed by atoms with van der Waals surface area (Å²) in [6, 6.07) is 6.30. The van der Waals surface area contributed by atoms with Crippen molar-refractivity contribution in [2.24, 2.45) is 4.99 Å². The number of rotatable bonds is 4. The molecule has 3 heterocycles. The van der Waals surface area contributed by atoms with Crippen molar-refractivity contribution in [1.82, 2.24) is 24.1 Å². The summed E-state index contributed by atoms with van der Waals surface area (Å²) in [5.41, 5.74) is 3.04. The average Bonchev–Trinajstić information content (AvgIpc) is 3.28. The number of pyridine rings is 1. The first-order valence-corrected chi connectivity index (χ1v) is 9.40. The first kappa shape index (κ1) is 15.7. The Bertz CT molecular complexity index is 955. The number of fused-ring (bicyclic) bond motifs is 1. The summed E-state index contributed by atoms with van der Waals surface area (Å²) >= 11 is 7.41. The largest absolute Gasteiger partial charge is 0.310 e. The third kappa shape index (κ3) is 3.06. The molecule has 1 aliphatic rings. The molecule has 0 bridgehead atoms. The maximum Gasteiger partial charge on any atom is 0.235 e. The standard InChI is InChI=1S/C16H17ClN6S/c1-10-7-14(19-12-4-5-12)23-16(20-15(21-23)24-2)22(10)9-11-3-6-13(17)18-8-11/h3,6-8,12H,4-5,9H2,1-2H3. The zero-order chi connectivity index (χ0) is 16.7. The van der Waals surface area contributed by atoms with E-state index in [1.807, 2.05) is 16.8 Å². The molecule has 3 aromatic rings. The van der Waals surface area contributed by atoms with Gasteiger partial charge in [0.25, 0.3) is 0 Å². The molecule has 0 aliphatic heterocycles. The van der Waals surface area contributed by atoms with Crippen LogP contribution in [0.1, 0.15) is 24.1 Å². The van der Waals surface area contributed by atoms with E-state index < -0.39 is 0 Å². The second kappa shape index (κ2) is 6.22. The van der Waals surface area contributed by atoms with Gasteiger partial charge in [-0.05, 0) is 37.7 Å². The Morgan fingerprint density at radius 2 is 2.21 bits per heavy atom. The minimum atomic E-state index is 0.436. The van der Waals surface area contributed by atoms with Gasteiger partial charge >= 0.3 is 0 Å². The van der Waals surface area contributed by atoms with Crippen LogP contribution in [0.5, 0.6) is 0 Å². The van der Waals surface area contributed by atoms with Crippen LogP contribution >= 0.6 is 23.4 Å². The number of aryl methyl sites for hydroxylation is 1. The van der Waals surface area contributed by atoms with Gasteiger partial charge in [0.1, 0.15) is 5.15 Å². The monoisotopic (exact) mass is 360 g/mol. The number of thioether (sulfide) groups is 1. The van der Waals surface area contributed by atoms with Crippen molar-refractivity contribution < 1.29 is 0 Å². The molecule has 0 aromatic carbocycles. The fourth-order valence-corrected chi connectivity index (χ4v) is 2.99. The molecule has 6 nitrogen and oxygen atoms in total. The van der Waals surface area contributed by atoms with E-state index in [-0.39, 0.29) is 0 Å². The second-order valence-corrected chi connectivity index (χ2v) is 7.05. The van der Waals surface area contributed by atoms with Gasteiger partial charge in [-0.15, -0.1) is 5.10 Å². The van der Waals surface area contributed by atoms with E-state index in [1.54, 1.807) is 12.3 Å². The highest BCUT2D eigenvalue weighted by molar-refractivity contribution is 7.98. The van der Waals surface area contributed by atoms with Gasteiger partial charge in [-0.1, -0.05) is 29.4 Å². The minimum Gasteiger partial charge on any atom is -0.310 e. The lowest BCUT2D eigenvalue weighted by Gasteiger charge is -2.12. The SMILES string of the molecule is CSc1nc2n(Cc3ccc(Cl)nc3)c(C)cc(=NC3CC3)n2n1. The minimum absolute atomic E-state index is 0.436. The van der Waals surface area contributed by atoms with Crippen LogP contribution in [-0.4, -0.2) is 36.4 Å². The molecule has 0 amide bonds. The second-order valence-electron chi connectivity index (χ2n) is 5.89. The molecule has 124 valence electrons. The fourth-order valence-electron chi connectivity index (χ4n) is 2.54. The van der Waals surface area contributed by atoms with E-state index in [9.17, 15) is 0 Å². The Morgan fingerprint density at radius 3 is 2.88 bits per heavy atom. The summed E-state index contributed by atoms with van der Waals surface area (Å²) < 4.78 is 3.98. The van der Waals surface area contributed by atoms with Crippen molar-refractivity contribution in [3.63, 3.8) is 0 Å². The number of nitrogens with zero attached hydrogens (tertiary/aromatic N) is 6. The first-order chi connectivity index (χ1) is 11.6. The van der Waals surface area contributed by atoms with Crippen LogP contribution in [0.4, 0.5) is 0 Å². The van der Waals surface area contributed by atoms with E-state index in [0.717, 1.165) is 40.5 Å². The summed E-state index contributed by atoms with van der Waals surface area (Å²) in [5.74, 6) is 0.800. The summed E-state index contributed by atoms with van der Waals surface area (Å²) in [6.07, 6.45) is 6.10. The molecule has 1 saturated carbocycles. The lowest BCUT2D eigenvalue weighted by atomic mass is 10.2. The molecule has 1 fully saturated rings. The van der Waals surface area contributed by atoms with Gasteiger partial charge in [0.15, 0.2) is 5.49 Å². The van der Waals surface area contributed by atoms with Gasteiger partial charge in [-0.3, -0.25) is 4.99 Å². The predicted octanol–water partition coefficient (Wildman–Crippen LogP) is 2.72. The van der Waals surface area contributed by atoms with Gasteiger partial charge in [0, 0.05) is 18.0 Å². The summed E-state index contributed by atoms with van der Waals surface area (Å²) in [5, 5.41) is 5.83. The summed E-state index contributed by atoms with van der Waals surface area (Å²) in [7, 11) is 0.